The number of amides is 1. The van der Waals surface area contributed by atoms with Crippen molar-refractivity contribution < 1.29 is 14.1 Å². The first-order valence-electron chi connectivity index (χ1n) is 5.70. The molecule has 6 heteroatoms. The SMILES string of the molecule is Cc1cc(NC(=O)C2C(=O)Sc3ccccc32)no1. The molecule has 1 aliphatic heterocycles. The molecule has 0 radical (unpaired) electrons. The van der Waals surface area contributed by atoms with Gasteiger partial charge in [0.2, 0.25) is 11.0 Å². The van der Waals surface area contributed by atoms with Crippen molar-refractivity contribution in [3.63, 3.8) is 0 Å². The molecule has 5 nitrogen and oxygen atoms in total. The van der Waals surface area contributed by atoms with E-state index in [9.17, 15) is 9.59 Å². The monoisotopic (exact) mass is 274 g/mol. The highest BCUT2D eigenvalue weighted by Crippen LogP contribution is 2.41. The summed E-state index contributed by atoms with van der Waals surface area (Å²) in [5.41, 5.74) is 0.746. The minimum Gasteiger partial charge on any atom is -0.360 e. The van der Waals surface area contributed by atoms with Gasteiger partial charge in [-0.05, 0) is 18.6 Å². The Morgan fingerprint density at radius 3 is 2.95 bits per heavy atom. The van der Waals surface area contributed by atoms with Gasteiger partial charge in [-0.1, -0.05) is 35.1 Å². The normalized spacial score (nSPS) is 17.3. The zero-order valence-electron chi connectivity index (χ0n) is 10.0. The molecule has 0 saturated heterocycles. The Bertz CT molecular complexity index is 665. The number of aromatic nitrogens is 1. The van der Waals surface area contributed by atoms with Crippen molar-refractivity contribution in [2.45, 2.75) is 17.7 Å². The van der Waals surface area contributed by atoms with Gasteiger partial charge in [0.25, 0.3) is 0 Å². The molecule has 96 valence electrons. The molecule has 1 aliphatic rings. The number of rotatable bonds is 2. The molecule has 1 N–H and O–H groups in total. The maximum atomic E-state index is 12.2. The fourth-order valence-electron chi connectivity index (χ4n) is 1.98. The van der Waals surface area contributed by atoms with Crippen LogP contribution >= 0.6 is 11.8 Å². The molecule has 1 atom stereocenters. The molecule has 0 saturated carbocycles. The number of anilines is 1. The number of nitrogens with one attached hydrogen (secondary N) is 1. The van der Waals surface area contributed by atoms with Crippen molar-refractivity contribution in [2.75, 3.05) is 5.32 Å². The largest absolute Gasteiger partial charge is 0.360 e. The summed E-state index contributed by atoms with van der Waals surface area (Å²) < 4.78 is 4.87. The Labute approximate surface area is 113 Å². The van der Waals surface area contributed by atoms with Gasteiger partial charge in [0.05, 0.1) is 0 Å². The molecule has 1 aromatic carbocycles. The quantitative estimate of drug-likeness (QED) is 0.851. The first-order valence-corrected chi connectivity index (χ1v) is 6.51. The lowest BCUT2D eigenvalue weighted by Gasteiger charge is -2.08. The van der Waals surface area contributed by atoms with Gasteiger partial charge in [0.15, 0.2) is 5.82 Å². The number of thioether (sulfide) groups is 1. The molecular weight excluding hydrogens is 264 g/mol. The highest BCUT2D eigenvalue weighted by Gasteiger charge is 2.37. The summed E-state index contributed by atoms with van der Waals surface area (Å²) in [7, 11) is 0. The fourth-order valence-corrected chi connectivity index (χ4v) is 3.00. The molecule has 19 heavy (non-hydrogen) atoms. The van der Waals surface area contributed by atoms with Gasteiger partial charge in [-0.15, -0.1) is 0 Å². The Hall–Kier alpha value is -2.08. The van der Waals surface area contributed by atoms with E-state index in [2.05, 4.69) is 10.5 Å². The predicted molar refractivity (Wildman–Crippen MR) is 69.9 cm³/mol. The number of nitrogens with zero attached hydrogens (tertiary/aromatic N) is 1. The lowest BCUT2D eigenvalue weighted by molar-refractivity contribution is -0.123. The van der Waals surface area contributed by atoms with Gasteiger partial charge < -0.3 is 9.84 Å². The third-order valence-corrected chi connectivity index (χ3v) is 3.85. The Morgan fingerprint density at radius 2 is 2.21 bits per heavy atom. The molecule has 0 bridgehead atoms. The molecule has 1 aromatic heterocycles. The van der Waals surface area contributed by atoms with Crippen LogP contribution in [0.2, 0.25) is 0 Å². The average Bonchev–Trinajstić information content (AvgIpc) is 2.91. The van der Waals surface area contributed by atoms with E-state index < -0.39 is 5.92 Å². The second-order valence-corrected chi connectivity index (χ2v) is 5.25. The maximum Gasteiger partial charge on any atom is 0.241 e. The summed E-state index contributed by atoms with van der Waals surface area (Å²) in [5, 5.41) is 6.11. The fraction of sp³-hybridized carbons (Fsp3) is 0.154. The molecule has 0 fully saturated rings. The zero-order chi connectivity index (χ0) is 13.4. The van der Waals surface area contributed by atoms with Gasteiger partial charge in [-0.2, -0.15) is 0 Å². The first kappa shape index (κ1) is 12.0. The smallest absolute Gasteiger partial charge is 0.241 e. The number of aryl methyl sites for hydroxylation is 1. The first-order chi connectivity index (χ1) is 9.15. The van der Waals surface area contributed by atoms with Crippen LogP contribution in [0.3, 0.4) is 0 Å². The Morgan fingerprint density at radius 1 is 1.42 bits per heavy atom. The molecule has 1 amide bonds. The van der Waals surface area contributed by atoms with E-state index in [0.717, 1.165) is 22.2 Å². The number of hydrogen-bond donors (Lipinski definition) is 1. The van der Waals surface area contributed by atoms with E-state index >= 15 is 0 Å². The lowest BCUT2D eigenvalue weighted by atomic mass is 10.00. The number of carbonyl (C=O) groups is 2. The summed E-state index contributed by atoms with van der Waals surface area (Å²) in [5.74, 6) is -0.235. The summed E-state index contributed by atoms with van der Waals surface area (Å²) >= 11 is 1.10. The third-order valence-electron chi connectivity index (χ3n) is 2.82. The van der Waals surface area contributed by atoms with E-state index in [1.807, 2.05) is 18.2 Å². The van der Waals surface area contributed by atoms with Crippen molar-refractivity contribution in [2.24, 2.45) is 0 Å². The molecule has 2 heterocycles. The van der Waals surface area contributed by atoms with Crippen LogP contribution in [-0.2, 0) is 9.59 Å². The summed E-state index contributed by atoms with van der Waals surface area (Å²) in [4.78, 5) is 24.9. The third kappa shape index (κ3) is 2.15. The van der Waals surface area contributed by atoms with Crippen LogP contribution in [0.25, 0.3) is 0 Å². The van der Waals surface area contributed by atoms with E-state index in [1.54, 1.807) is 19.1 Å². The van der Waals surface area contributed by atoms with Gasteiger partial charge >= 0.3 is 0 Å². The van der Waals surface area contributed by atoms with Crippen molar-refractivity contribution in [1.29, 1.82) is 0 Å². The van der Waals surface area contributed by atoms with Crippen molar-refractivity contribution >= 4 is 28.6 Å². The molecule has 0 aliphatic carbocycles. The summed E-state index contributed by atoms with van der Waals surface area (Å²) in [6.45, 7) is 1.73. The summed E-state index contributed by atoms with van der Waals surface area (Å²) in [6, 6.07) is 8.91. The second kappa shape index (κ2) is 4.55. The van der Waals surface area contributed by atoms with E-state index in [0.29, 0.717) is 11.6 Å². The van der Waals surface area contributed by atoms with Crippen LogP contribution in [0.4, 0.5) is 5.82 Å². The molecule has 3 rings (SSSR count). The number of fused-ring (bicyclic) bond motifs is 1. The van der Waals surface area contributed by atoms with E-state index in [4.69, 9.17) is 4.52 Å². The van der Waals surface area contributed by atoms with Gasteiger partial charge in [-0.3, -0.25) is 9.59 Å². The molecular formula is C13H10N2O3S. The van der Waals surface area contributed by atoms with Gasteiger partial charge in [0, 0.05) is 11.0 Å². The van der Waals surface area contributed by atoms with Gasteiger partial charge in [-0.25, -0.2) is 0 Å². The van der Waals surface area contributed by atoms with Crippen LogP contribution in [-0.4, -0.2) is 16.2 Å². The minimum absolute atomic E-state index is 0.168. The van der Waals surface area contributed by atoms with Crippen molar-refractivity contribution in [3.05, 3.63) is 41.7 Å². The van der Waals surface area contributed by atoms with E-state index in [-0.39, 0.29) is 11.0 Å². The minimum atomic E-state index is -0.779. The van der Waals surface area contributed by atoms with Crippen LogP contribution in [0.5, 0.6) is 0 Å². The Kier molecular flexibility index (Phi) is 2.87. The second-order valence-electron chi connectivity index (χ2n) is 4.20. The number of hydrogen-bond acceptors (Lipinski definition) is 5. The van der Waals surface area contributed by atoms with Crippen LogP contribution in [0, 0.1) is 6.92 Å². The van der Waals surface area contributed by atoms with Crippen molar-refractivity contribution in [3.8, 4) is 0 Å². The number of benzene rings is 1. The average molecular weight is 274 g/mol. The van der Waals surface area contributed by atoms with Crippen LogP contribution in [0.15, 0.2) is 39.8 Å². The lowest BCUT2D eigenvalue weighted by Crippen LogP contribution is -2.23. The maximum absolute atomic E-state index is 12.2. The topological polar surface area (TPSA) is 72.2 Å². The van der Waals surface area contributed by atoms with Crippen LogP contribution < -0.4 is 5.32 Å². The molecule has 0 spiro atoms. The van der Waals surface area contributed by atoms with E-state index in [1.165, 1.54) is 0 Å². The standard InChI is InChI=1S/C13H10N2O3S/c1-7-6-10(15-18-7)14-12(16)11-8-4-2-3-5-9(8)19-13(11)17/h2-6,11H,1H3,(H,14,15,16). The predicted octanol–water partition coefficient (Wildman–Crippen LogP) is 2.34. The molecule has 1 unspecified atom stereocenters. The number of carbonyl (C=O) groups excluding carboxylic acids is 2. The highest BCUT2D eigenvalue weighted by molar-refractivity contribution is 8.14. The zero-order valence-corrected chi connectivity index (χ0v) is 10.9. The highest BCUT2D eigenvalue weighted by atomic mass is 32.2. The van der Waals surface area contributed by atoms with Gasteiger partial charge in [0.1, 0.15) is 11.7 Å². The molecule has 2 aromatic rings. The van der Waals surface area contributed by atoms with Crippen molar-refractivity contribution in [1.82, 2.24) is 5.16 Å². The van der Waals surface area contributed by atoms with Crippen LogP contribution in [0.1, 0.15) is 17.2 Å². The Balaban J connectivity index is 1.86. The summed E-state index contributed by atoms with van der Waals surface area (Å²) in [6.07, 6.45) is 0.